The zero-order valence-electron chi connectivity index (χ0n) is 17.1. The van der Waals surface area contributed by atoms with Gasteiger partial charge < -0.3 is 0 Å². The lowest BCUT2D eigenvalue weighted by Gasteiger charge is -1.99. The third kappa shape index (κ3) is 18.4. The molecule has 0 spiro atoms. The van der Waals surface area contributed by atoms with E-state index >= 15 is 0 Å². The number of hydrogen-bond acceptors (Lipinski definition) is 1. The van der Waals surface area contributed by atoms with Crippen LogP contribution in [0.4, 0.5) is 0 Å². The van der Waals surface area contributed by atoms with Gasteiger partial charge in [0.2, 0.25) is 0 Å². The van der Waals surface area contributed by atoms with Crippen LogP contribution in [0.5, 0.6) is 0 Å². The van der Waals surface area contributed by atoms with Crippen LogP contribution in [-0.4, -0.2) is 5.78 Å². The van der Waals surface area contributed by atoms with Crippen LogP contribution in [0.3, 0.4) is 0 Å². The summed E-state index contributed by atoms with van der Waals surface area (Å²) in [6.07, 6.45) is 34.0. The second-order valence-electron chi connectivity index (χ2n) is 6.57. The highest BCUT2D eigenvalue weighted by Crippen LogP contribution is 2.03. The maximum absolute atomic E-state index is 11.5. The largest absolute Gasteiger partial charge is 0.299 e. The molecule has 26 heavy (non-hydrogen) atoms. The van der Waals surface area contributed by atoms with Gasteiger partial charge in [-0.1, -0.05) is 93.7 Å². The van der Waals surface area contributed by atoms with E-state index in [1.165, 1.54) is 0 Å². The smallest absolute Gasteiger partial charge is 0.135 e. The molecule has 0 aliphatic rings. The van der Waals surface area contributed by atoms with Crippen LogP contribution in [0.2, 0.25) is 0 Å². The summed E-state index contributed by atoms with van der Waals surface area (Å²) in [6.45, 7) is 6.08. The summed E-state index contributed by atoms with van der Waals surface area (Å²) in [5.41, 5.74) is 0. The fourth-order valence-corrected chi connectivity index (χ4v) is 2.15. The molecule has 1 nitrogen and oxygen atoms in total. The normalized spacial score (nSPS) is 13.2. The highest BCUT2D eigenvalue weighted by Gasteiger charge is 2.04. The van der Waals surface area contributed by atoms with Crippen LogP contribution >= 0.6 is 0 Å². The maximum Gasteiger partial charge on any atom is 0.135 e. The van der Waals surface area contributed by atoms with E-state index in [0.29, 0.717) is 12.2 Å². The summed E-state index contributed by atoms with van der Waals surface area (Å²) in [5.74, 6) is 0.513. The Hall–Kier alpha value is -1.89. The van der Waals surface area contributed by atoms with Gasteiger partial charge in [0.1, 0.15) is 5.78 Å². The Bertz CT molecular complexity index is 498. The summed E-state index contributed by atoms with van der Waals surface area (Å²) in [6, 6.07) is 0. The van der Waals surface area contributed by atoms with Gasteiger partial charge in [-0.15, -0.1) is 0 Å². The lowest BCUT2D eigenvalue weighted by molar-refractivity contribution is -0.121. The minimum atomic E-state index is 0.161. The van der Waals surface area contributed by atoms with E-state index in [0.717, 1.165) is 44.9 Å². The van der Waals surface area contributed by atoms with E-state index in [-0.39, 0.29) is 5.92 Å². The van der Waals surface area contributed by atoms with Crippen molar-refractivity contribution in [2.45, 2.75) is 72.1 Å². The second-order valence-corrected chi connectivity index (χ2v) is 6.57. The van der Waals surface area contributed by atoms with E-state index in [4.69, 9.17) is 0 Å². The molecule has 0 N–H and O–H groups in total. The molecule has 0 saturated heterocycles. The minimum Gasteiger partial charge on any atom is -0.299 e. The Kier molecular flexibility index (Phi) is 18.0. The van der Waals surface area contributed by atoms with Gasteiger partial charge in [-0.25, -0.2) is 0 Å². The lowest BCUT2D eigenvalue weighted by atomic mass is 10.0. The van der Waals surface area contributed by atoms with Gasteiger partial charge in [-0.2, -0.15) is 0 Å². The monoisotopic (exact) mass is 354 g/mol. The topological polar surface area (TPSA) is 17.1 Å². The highest BCUT2D eigenvalue weighted by atomic mass is 16.1. The number of ketones is 1. The lowest BCUT2D eigenvalue weighted by Crippen LogP contribution is -2.05. The van der Waals surface area contributed by atoms with Crippen LogP contribution < -0.4 is 0 Å². The number of rotatable bonds is 15. The Morgan fingerprint density at radius 1 is 0.615 bits per heavy atom. The van der Waals surface area contributed by atoms with E-state index in [1.54, 1.807) is 0 Å². The molecule has 0 unspecified atom stereocenters. The van der Waals surface area contributed by atoms with Gasteiger partial charge in [0.15, 0.2) is 0 Å². The van der Waals surface area contributed by atoms with Crippen LogP contribution in [0.25, 0.3) is 0 Å². The van der Waals surface area contributed by atoms with Gasteiger partial charge in [-0.05, 0) is 44.9 Å². The molecule has 0 radical (unpaired) electrons. The quantitative estimate of drug-likeness (QED) is 0.275. The third-order valence-electron chi connectivity index (χ3n) is 3.80. The Balaban J connectivity index is 3.57. The zero-order valence-corrected chi connectivity index (χ0v) is 17.1. The van der Waals surface area contributed by atoms with Crippen molar-refractivity contribution in [3.8, 4) is 0 Å². The first-order valence-electron chi connectivity index (χ1n) is 10.1. The standard InChI is InChI=1S/C25H38O/c1-4-5-6-7-8-9-10-11-12-13-14-15-16-17-18-19-20-21-22-23-25(26)24(2)3/h5-6,8-9,11-12,14-15,17-18,20-21,24H,4,7,10,13,16,19,22-23H2,1-3H3/b6-5-,9-8-,12-11-,15-14-,18-17-,21-20-. The molecule has 0 aromatic heterocycles. The number of carbonyl (C=O) groups excluding carboxylic acids is 1. The van der Waals surface area contributed by atoms with Crippen molar-refractivity contribution in [1.29, 1.82) is 0 Å². The molecular formula is C25H38O. The maximum atomic E-state index is 11.5. The molecule has 0 amide bonds. The Morgan fingerprint density at radius 3 is 1.31 bits per heavy atom. The van der Waals surface area contributed by atoms with Crippen molar-refractivity contribution in [1.82, 2.24) is 0 Å². The molecule has 0 rings (SSSR count). The molecule has 0 aliphatic carbocycles. The van der Waals surface area contributed by atoms with E-state index < -0.39 is 0 Å². The molecule has 0 aromatic rings. The van der Waals surface area contributed by atoms with Gasteiger partial charge in [-0.3, -0.25) is 4.79 Å². The SMILES string of the molecule is CC/C=C\C/C=C\C/C=C\C/C=C\C/C=C\C/C=C\CCC(=O)C(C)C. The van der Waals surface area contributed by atoms with E-state index in [9.17, 15) is 4.79 Å². The fraction of sp³-hybridized carbons (Fsp3) is 0.480. The molecule has 0 heterocycles. The molecule has 0 aliphatic heterocycles. The summed E-state index contributed by atoms with van der Waals surface area (Å²) in [5, 5.41) is 0. The molecule has 144 valence electrons. The van der Waals surface area contributed by atoms with Crippen molar-refractivity contribution in [2.24, 2.45) is 5.92 Å². The Labute approximate surface area is 162 Å². The molecule has 0 bridgehead atoms. The first kappa shape index (κ1) is 24.1. The van der Waals surface area contributed by atoms with Crippen molar-refractivity contribution in [3.05, 3.63) is 72.9 Å². The minimum absolute atomic E-state index is 0.161. The first-order valence-corrected chi connectivity index (χ1v) is 10.1. The first-order chi connectivity index (χ1) is 12.7. The van der Waals surface area contributed by atoms with Crippen molar-refractivity contribution in [3.63, 3.8) is 0 Å². The average Bonchev–Trinajstić information content (AvgIpc) is 2.63. The number of allylic oxidation sites excluding steroid dienone is 12. The Morgan fingerprint density at radius 2 is 0.962 bits per heavy atom. The summed E-state index contributed by atoms with van der Waals surface area (Å²) in [7, 11) is 0. The molecular weight excluding hydrogens is 316 g/mol. The fourth-order valence-electron chi connectivity index (χ4n) is 2.15. The molecule has 0 aromatic carbocycles. The molecule has 0 atom stereocenters. The molecule has 1 heteroatoms. The third-order valence-corrected chi connectivity index (χ3v) is 3.80. The van der Waals surface area contributed by atoms with E-state index in [1.807, 2.05) is 13.8 Å². The molecule has 0 saturated carbocycles. The van der Waals surface area contributed by atoms with Gasteiger partial charge in [0.05, 0.1) is 0 Å². The van der Waals surface area contributed by atoms with Gasteiger partial charge in [0, 0.05) is 12.3 Å². The average molecular weight is 355 g/mol. The summed E-state index contributed by atoms with van der Waals surface area (Å²) < 4.78 is 0. The summed E-state index contributed by atoms with van der Waals surface area (Å²) in [4.78, 5) is 11.5. The van der Waals surface area contributed by atoms with E-state index in [2.05, 4.69) is 79.8 Å². The summed E-state index contributed by atoms with van der Waals surface area (Å²) >= 11 is 0. The van der Waals surface area contributed by atoms with Gasteiger partial charge >= 0.3 is 0 Å². The van der Waals surface area contributed by atoms with Crippen molar-refractivity contribution in [2.75, 3.05) is 0 Å². The second kappa shape index (κ2) is 19.4. The number of carbonyl (C=O) groups is 1. The number of hydrogen-bond donors (Lipinski definition) is 0. The predicted molar refractivity (Wildman–Crippen MR) is 117 cm³/mol. The van der Waals surface area contributed by atoms with Crippen LogP contribution in [0.15, 0.2) is 72.9 Å². The predicted octanol–water partition coefficient (Wildman–Crippen LogP) is 7.69. The molecule has 0 fully saturated rings. The van der Waals surface area contributed by atoms with Crippen LogP contribution in [0.1, 0.15) is 72.1 Å². The van der Waals surface area contributed by atoms with Crippen molar-refractivity contribution < 1.29 is 4.79 Å². The van der Waals surface area contributed by atoms with Crippen molar-refractivity contribution >= 4 is 5.78 Å². The highest BCUT2D eigenvalue weighted by molar-refractivity contribution is 5.80. The van der Waals surface area contributed by atoms with Crippen LogP contribution in [-0.2, 0) is 4.79 Å². The van der Waals surface area contributed by atoms with Gasteiger partial charge in [0.25, 0.3) is 0 Å². The number of Topliss-reactive ketones (excluding diaryl/α,β-unsaturated/α-hetero) is 1. The van der Waals surface area contributed by atoms with Crippen LogP contribution in [0, 0.1) is 5.92 Å². The zero-order chi connectivity index (χ0) is 19.3.